The predicted octanol–water partition coefficient (Wildman–Crippen LogP) is 4.32. The van der Waals surface area contributed by atoms with E-state index in [4.69, 9.17) is 0 Å². The van der Waals surface area contributed by atoms with Crippen LogP contribution in [-0.4, -0.2) is 20.4 Å². The van der Waals surface area contributed by atoms with Gasteiger partial charge in [0.05, 0.1) is 0 Å². The van der Waals surface area contributed by atoms with Gasteiger partial charge in [-0.1, -0.05) is 44.7 Å². The van der Waals surface area contributed by atoms with Crippen LogP contribution in [0.4, 0.5) is 0 Å². The lowest BCUT2D eigenvalue weighted by Gasteiger charge is -2.36. The van der Waals surface area contributed by atoms with Crippen LogP contribution in [-0.2, 0) is 13.5 Å². The van der Waals surface area contributed by atoms with Crippen LogP contribution >= 0.6 is 31.9 Å². The van der Waals surface area contributed by atoms with Crippen molar-refractivity contribution in [3.63, 3.8) is 0 Å². The topological polar surface area (TPSA) is 17.8 Å². The zero-order valence-electron chi connectivity index (χ0n) is 11.0. The van der Waals surface area contributed by atoms with Gasteiger partial charge in [0.15, 0.2) is 0 Å². The Bertz CT molecular complexity index is 366. The van der Waals surface area contributed by atoms with E-state index in [0.29, 0.717) is 5.41 Å². The molecule has 1 fully saturated rings. The van der Waals surface area contributed by atoms with Crippen LogP contribution in [0.15, 0.2) is 12.3 Å². The second kappa shape index (κ2) is 6.56. The molecule has 1 aromatic heterocycles. The van der Waals surface area contributed by atoms with Gasteiger partial charge in [-0.25, -0.2) is 0 Å². The first-order valence-electron chi connectivity index (χ1n) is 6.80. The fourth-order valence-electron chi connectivity index (χ4n) is 3.15. The van der Waals surface area contributed by atoms with Crippen LogP contribution in [0.25, 0.3) is 0 Å². The lowest BCUT2D eigenvalue weighted by atomic mass is 9.74. The van der Waals surface area contributed by atoms with Crippen molar-refractivity contribution in [2.24, 2.45) is 18.4 Å². The third-order valence-electron chi connectivity index (χ3n) is 4.55. The number of nitrogens with zero attached hydrogens (tertiary/aromatic N) is 2. The summed E-state index contributed by atoms with van der Waals surface area (Å²) >= 11 is 7.55. The van der Waals surface area contributed by atoms with Gasteiger partial charge < -0.3 is 0 Å². The summed E-state index contributed by atoms with van der Waals surface area (Å²) in [4.78, 5) is 0. The molecule has 0 aliphatic heterocycles. The fraction of sp³-hybridized carbons (Fsp3) is 0.786. The number of rotatable bonds is 6. The van der Waals surface area contributed by atoms with Crippen molar-refractivity contribution in [1.29, 1.82) is 0 Å². The highest BCUT2D eigenvalue weighted by molar-refractivity contribution is 9.09. The van der Waals surface area contributed by atoms with Crippen LogP contribution < -0.4 is 0 Å². The summed E-state index contributed by atoms with van der Waals surface area (Å²) < 4.78 is 2.00. The van der Waals surface area contributed by atoms with Gasteiger partial charge in [0.2, 0.25) is 0 Å². The molecule has 0 unspecified atom stereocenters. The largest absolute Gasteiger partial charge is 0.273 e. The van der Waals surface area contributed by atoms with E-state index in [1.807, 2.05) is 17.9 Å². The summed E-state index contributed by atoms with van der Waals surface area (Å²) in [7, 11) is 2.04. The number of aryl methyl sites for hydroxylation is 2. The minimum absolute atomic E-state index is 0.417. The number of halogens is 2. The molecule has 0 N–H and O–H groups in total. The molecule has 0 atom stereocenters. The maximum atomic E-state index is 4.26. The van der Waals surface area contributed by atoms with E-state index in [0.717, 1.165) is 23.0 Å². The molecule has 18 heavy (non-hydrogen) atoms. The van der Waals surface area contributed by atoms with Crippen molar-refractivity contribution in [3.8, 4) is 0 Å². The maximum Gasteiger partial charge on any atom is 0.0492 e. The van der Waals surface area contributed by atoms with E-state index < -0.39 is 0 Å². The Morgan fingerprint density at radius 2 is 2.00 bits per heavy atom. The van der Waals surface area contributed by atoms with Gasteiger partial charge in [-0.3, -0.25) is 4.68 Å². The Morgan fingerprint density at radius 3 is 2.50 bits per heavy atom. The first-order valence-corrected chi connectivity index (χ1v) is 9.05. The van der Waals surface area contributed by atoms with Gasteiger partial charge in [0.1, 0.15) is 0 Å². The highest BCUT2D eigenvalue weighted by atomic mass is 79.9. The number of alkyl halides is 2. The molecular formula is C14H22Br2N2. The van der Waals surface area contributed by atoms with Crippen LogP contribution in [0.2, 0.25) is 0 Å². The average Bonchev–Trinajstić information content (AvgIpc) is 3.04. The molecule has 0 radical (unpaired) electrons. The van der Waals surface area contributed by atoms with Gasteiger partial charge in [0, 0.05) is 29.6 Å². The minimum atomic E-state index is 0.417. The first kappa shape index (κ1) is 14.6. The lowest BCUT2D eigenvalue weighted by molar-refractivity contribution is 0.215. The first-order chi connectivity index (χ1) is 8.72. The predicted molar refractivity (Wildman–Crippen MR) is 83.5 cm³/mol. The zero-order chi connectivity index (χ0) is 13.0. The van der Waals surface area contributed by atoms with E-state index in [-0.39, 0.29) is 0 Å². The summed E-state index contributed by atoms with van der Waals surface area (Å²) in [5.41, 5.74) is 1.76. The van der Waals surface area contributed by atoms with Crippen molar-refractivity contribution in [1.82, 2.24) is 9.78 Å². The molecule has 1 aliphatic carbocycles. The third kappa shape index (κ3) is 3.01. The van der Waals surface area contributed by atoms with Crippen molar-refractivity contribution in [2.45, 2.75) is 38.5 Å². The quantitative estimate of drug-likeness (QED) is 0.675. The molecule has 102 valence electrons. The fourth-order valence-corrected chi connectivity index (χ4v) is 5.56. The molecular weight excluding hydrogens is 356 g/mol. The van der Waals surface area contributed by atoms with Gasteiger partial charge >= 0.3 is 0 Å². The van der Waals surface area contributed by atoms with E-state index in [1.54, 1.807) is 0 Å². The van der Waals surface area contributed by atoms with Crippen LogP contribution in [0, 0.1) is 11.3 Å². The Kier molecular flexibility index (Phi) is 5.31. The van der Waals surface area contributed by atoms with E-state index in [9.17, 15) is 0 Å². The van der Waals surface area contributed by atoms with Crippen LogP contribution in [0.5, 0.6) is 0 Å². The van der Waals surface area contributed by atoms with Crippen molar-refractivity contribution < 1.29 is 0 Å². The normalized spacial score (nSPS) is 17.5. The number of hydrogen-bond acceptors (Lipinski definition) is 1. The van der Waals surface area contributed by atoms with Gasteiger partial charge in [-0.2, -0.15) is 5.10 Å². The molecule has 2 nitrogen and oxygen atoms in total. The molecule has 4 heteroatoms. The number of aromatic nitrogens is 2. The second-order valence-corrected chi connectivity index (χ2v) is 6.68. The zero-order valence-corrected chi connectivity index (χ0v) is 14.2. The summed E-state index contributed by atoms with van der Waals surface area (Å²) in [6.45, 7) is 0. The van der Waals surface area contributed by atoms with Gasteiger partial charge in [-0.15, -0.1) is 0 Å². The summed E-state index contributed by atoms with van der Waals surface area (Å²) in [5.74, 6) is 0.879. The maximum absolute atomic E-state index is 4.26. The van der Waals surface area contributed by atoms with Gasteiger partial charge in [0.25, 0.3) is 0 Å². The Balaban J connectivity index is 2.03. The van der Waals surface area contributed by atoms with Crippen molar-refractivity contribution in [2.75, 3.05) is 10.7 Å². The lowest BCUT2D eigenvalue weighted by Crippen LogP contribution is -2.33. The molecule has 0 spiro atoms. The molecule has 2 rings (SSSR count). The molecule has 1 saturated carbocycles. The minimum Gasteiger partial charge on any atom is -0.273 e. The standard InChI is InChI=1S/C14H22Br2N2/c1-18-13(7-9-17-18)6-8-14(10-15,11-16)12-4-2-3-5-12/h7,9,12H,2-6,8,10-11H2,1H3. The smallest absolute Gasteiger partial charge is 0.0492 e. The monoisotopic (exact) mass is 376 g/mol. The highest BCUT2D eigenvalue weighted by Gasteiger charge is 2.38. The molecule has 0 aromatic carbocycles. The van der Waals surface area contributed by atoms with Gasteiger partial charge in [-0.05, 0) is 43.1 Å². The summed E-state index contributed by atoms with van der Waals surface area (Å²) in [5, 5.41) is 6.47. The molecule has 0 saturated heterocycles. The van der Waals surface area contributed by atoms with Crippen LogP contribution in [0.1, 0.15) is 37.8 Å². The SMILES string of the molecule is Cn1nccc1CCC(CBr)(CBr)C1CCCC1. The molecule has 0 bridgehead atoms. The highest BCUT2D eigenvalue weighted by Crippen LogP contribution is 2.45. The third-order valence-corrected chi connectivity index (χ3v) is 6.79. The Morgan fingerprint density at radius 1 is 1.33 bits per heavy atom. The van der Waals surface area contributed by atoms with Crippen molar-refractivity contribution in [3.05, 3.63) is 18.0 Å². The molecule has 0 amide bonds. The molecule has 1 heterocycles. The average molecular weight is 378 g/mol. The second-order valence-electron chi connectivity index (χ2n) is 5.56. The van der Waals surface area contributed by atoms with E-state index >= 15 is 0 Å². The number of hydrogen-bond donors (Lipinski definition) is 0. The van der Waals surface area contributed by atoms with Crippen molar-refractivity contribution >= 4 is 31.9 Å². The van der Waals surface area contributed by atoms with Crippen LogP contribution in [0.3, 0.4) is 0 Å². The Hall–Kier alpha value is 0.170. The molecule has 1 aromatic rings. The summed E-state index contributed by atoms with van der Waals surface area (Å²) in [6, 6.07) is 2.14. The molecule has 1 aliphatic rings. The van der Waals surface area contributed by atoms with E-state index in [1.165, 1.54) is 37.8 Å². The van der Waals surface area contributed by atoms with E-state index in [2.05, 4.69) is 43.0 Å². The summed E-state index contributed by atoms with van der Waals surface area (Å²) in [6.07, 6.45) is 9.91. The Labute approximate surface area is 127 Å².